The van der Waals surface area contributed by atoms with E-state index in [-0.39, 0.29) is 5.04 Å². The summed E-state index contributed by atoms with van der Waals surface area (Å²) in [6.07, 6.45) is 0.867. The van der Waals surface area contributed by atoms with Gasteiger partial charge in [-0.3, -0.25) is 0 Å². The van der Waals surface area contributed by atoms with Crippen LogP contribution in [0.1, 0.15) is 33.3 Å². The van der Waals surface area contributed by atoms with Gasteiger partial charge < -0.3 is 0 Å². The highest BCUT2D eigenvalue weighted by molar-refractivity contribution is 7.93. The van der Waals surface area contributed by atoms with Crippen molar-refractivity contribution in [2.45, 2.75) is 56.5 Å². The monoisotopic (exact) mass is 305 g/mol. The molecule has 1 rings (SSSR count). The summed E-state index contributed by atoms with van der Waals surface area (Å²) >= 11 is 1.30. The van der Waals surface area contributed by atoms with Crippen molar-refractivity contribution >= 4 is 29.6 Å². The molecule has 0 aliphatic heterocycles. The predicted octanol–water partition coefficient (Wildman–Crippen LogP) is 3.59. The fraction of sp³-hybridized carbons (Fsp3) is 0.667. The number of aryl methyl sites for hydroxylation is 1. The fourth-order valence-corrected chi connectivity index (χ4v) is 7.59. The maximum Gasteiger partial charge on any atom is 0.244 e. The molecule has 0 saturated heterocycles. The van der Waals surface area contributed by atoms with Gasteiger partial charge >= 0.3 is 0 Å². The summed E-state index contributed by atoms with van der Waals surface area (Å²) < 4.78 is 28.1. The third kappa shape index (κ3) is 3.43. The third-order valence-corrected chi connectivity index (χ3v) is 12.8. The van der Waals surface area contributed by atoms with Gasteiger partial charge in [-0.05, 0) is 28.5 Å². The van der Waals surface area contributed by atoms with E-state index in [0.29, 0.717) is 4.21 Å². The SMILES string of the molecule is CCc1csc(S(=O)(=O)N[Si](C)(C)C(C)(C)C)c1. The molecule has 1 aromatic heterocycles. The van der Waals surface area contributed by atoms with E-state index in [0.717, 1.165) is 12.0 Å². The Morgan fingerprint density at radius 3 is 2.28 bits per heavy atom. The van der Waals surface area contributed by atoms with E-state index < -0.39 is 18.3 Å². The van der Waals surface area contributed by atoms with Crippen molar-refractivity contribution in [2.24, 2.45) is 0 Å². The van der Waals surface area contributed by atoms with Crippen LogP contribution in [0.5, 0.6) is 0 Å². The first-order chi connectivity index (χ1) is 7.99. The summed E-state index contributed by atoms with van der Waals surface area (Å²) in [4.78, 5) is 0. The molecule has 104 valence electrons. The lowest BCUT2D eigenvalue weighted by Crippen LogP contribution is -2.54. The van der Waals surface area contributed by atoms with Gasteiger partial charge in [0.05, 0.1) is 0 Å². The number of rotatable bonds is 4. The Bertz CT molecular complexity index is 512. The molecule has 18 heavy (non-hydrogen) atoms. The number of nitrogens with one attached hydrogen (secondary N) is 1. The molecule has 1 N–H and O–H groups in total. The minimum Gasteiger partial charge on any atom is -0.232 e. The molecule has 1 heterocycles. The smallest absolute Gasteiger partial charge is 0.232 e. The van der Waals surface area contributed by atoms with Gasteiger partial charge in [-0.25, -0.2) is 12.8 Å². The molecule has 0 atom stereocenters. The molecular formula is C12H23NO2S2Si. The average molecular weight is 306 g/mol. The van der Waals surface area contributed by atoms with Crippen molar-refractivity contribution in [1.82, 2.24) is 4.39 Å². The largest absolute Gasteiger partial charge is 0.244 e. The van der Waals surface area contributed by atoms with E-state index in [4.69, 9.17) is 0 Å². The van der Waals surface area contributed by atoms with Crippen LogP contribution in [0.4, 0.5) is 0 Å². The Balaban J connectivity index is 3.02. The second kappa shape index (κ2) is 5.07. The molecule has 0 amide bonds. The van der Waals surface area contributed by atoms with Crippen LogP contribution in [0.2, 0.25) is 18.1 Å². The number of sulfonamides is 1. The van der Waals surface area contributed by atoms with Gasteiger partial charge in [0.15, 0.2) is 0 Å². The van der Waals surface area contributed by atoms with Gasteiger partial charge in [-0.1, -0.05) is 40.8 Å². The second-order valence-electron chi connectivity index (χ2n) is 6.11. The Morgan fingerprint density at radius 1 is 1.33 bits per heavy atom. The third-order valence-electron chi connectivity index (χ3n) is 3.57. The quantitative estimate of drug-likeness (QED) is 0.864. The standard InChI is InChI=1S/C12H23NO2S2Si/c1-7-10-8-11(16-9-10)17(14,15)13-18(5,6)12(2,3)4/h8-9,13H,7H2,1-6H3. The highest BCUT2D eigenvalue weighted by Crippen LogP contribution is 2.35. The molecule has 0 fully saturated rings. The molecule has 1 aromatic rings. The van der Waals surface area contributed by atoms with Gasteiger partial charge in [0.25, 0.3) is 0 Å². The van der Waals surface area contributed by atoms with Crippen LogP contribution >= 0.6 is 11.3 Å². The topological polar surface area (TPSA) is 46.2 Å². The number of thiophene rings is 1. The van der Waals surface area contributed by atoms with Crippen LogP contribution in [-0.2, 0) is 16.4 Å². The highest BCUT2D eigenvalue weighted by atomic mass is 32.2. The molecular weight excluding hydrogens is 282 g/mol. The van der Waals surface area contributed by atoms with Gasteiger partial charge in [-0.2, -0.15) is 0 Å². The molecule has 0 bridgehead atoms. The highest BCUT2D eigenvalue weighted by Gasteiger charge is 2.39. The van der Waals surface area contributed by atoms with Crippen molar-refractivity contribution in [1.29, 1.82) is 0 Å². The molecule has 0 aliphatic carbocycles. The van der Waals surface area contributed by atoms with Crippen molar-refractivity contribution in [2.75, 3.05) is 0 Å². The Morgan fingerprint density at radius 2 is 1.89 bits per heavy atom. The summed E-state index contributed by atoms with van der Waals surface area (Å²) in [7, 11) is -5.42. The zero-order chi connectivity index (χ0) is 14.2. The van der Waals surface area contributed by atoms with E-state index in [1.807, 2.05) is 12.3 Å². The van der Waals surface area contributed by atoms with Gasteiger partial charge in [0.2, 0.25) is 10.0 Å². The van der Waals surface area contributed by atoms with E-state index in [9.17, 15) is 8.42 Å². The predicted molar refractivity (Wildman–Crippen MR) is 81.2 cm³/mol. The van der Waals surface area contributed by atoms with Crippen molar-refractivity contribution in [3.8, 4) is 0 Å². The maximum absolute atomic E-state index is 12.4. The molecule has 0 aliphatic rings. The normalized spacial score (nSPS) is 13.9. The number of hydrogen-bond acceptors (Lipinski definition) is 3. The van der Waals surface area contributed by atoms with Crippen LogP contribution in [0.15, 0.2) is 15.7 Å². The van der Waals surface area contributed by atoms with Crippen molar-refractivity contribution in [3.05, 3.63) is 17.0 Å². The number of hydrogen-bond donors (Lipinski definition) is 1. The minimum atomic E-state index is -3.36. The fourth-order valence-electron chi connectivity index (χ4n) is 1.22. The molecule has 3 nitrogen and oxygen atoms in total. The van der Waals surface area contributed by atoms with Crippen LogP contribution in [0, 0.1) is 0 Å². The van der Waals surface area contributed by atoms with Crippen LogP contribution < -0.4 is 4.39 Å². The molecule has 0 radical (unpaired) electrons. The first-order valence-corrected chi connectivity index (χ1v) is 11.5. The van der Waals surface area contributed by atoms with Crippen LogP contribution in [0.3, 0.4) is 0 Å². The molecule has 0 unspecified atom stereocenters. The van der Waals surface area contributed by atoms with E-state index in [2.05, 4.69) is 38.3 Å². The van der Waals surface area contributed by atoms with Crippen LogP contribution in [0.25, 0.3) is 0 Å². The molecule has 0 saturated carbocycles. The molecule has 6 heteroatoms. The summed E-state index contributed by atoms with van der Waals surface area (Å²) in [6.45, 7) is 12.4. The van der Waals surface area contributed by atoms with Crippen LogP contribution in [-0.4, -0.2) is 16.7 Å². The van der Waals surface area contributed by atoms with Gasteiger partial charge in [-0.15, -0.1) is 11.3 Å². The zero-order valence-electron chi connectivity index (χ0n) is 12.0. The zero-order valence-corrected chi connectivity index (χ0v) is 14.6. The Labute approximate surface area is 116 Å². The lowest BCUT2D eigenvalue weighted by atomic mass is 10.2. The van der Waals surface area contributed by atoms with Gasteiger partial charge in [0, 0.05) is 0 Å². The second-order valence-corrected chi connectivity index (χ2v) is 14.3. The summed E-state index contributed by atoms with van der Waals surface area (Å²) in [5.74, 6) is 0. The van der Waals surface area contributed by atoms with E-state index >= 15 is 0 Å². The lowest BCUT2D eigenvalue weighted by Gasteiger charge is -2.36. The minimum absolute atomic E-state index is 0.00901. The maximum atomic E-state index is 12.4. The Kier molecular flexibility index (Phi) is 4.48. The first-order valence-electron chi connectivity index (χ1n) is 6.11. The van der Waals surface area contributed by atoms with E-state index in [1.54, 1.807) is 6.07 Å². The van der Waals surface area contributed by atoms with E-state index in [1.165, 1.54) is 11.3 Å². The van der Waals surface area contributed by atoms with Crippen molar-refractivity contribution < 1.29 is 8.42 Å². The lowest BCUT2D eigenvalue weighted by molar-refractivity contribution is 0.591. The summed E-state index contributed by atoms with van der Waals surface area (Å²) in [5.41, 5.74) is 1.08. The molecule has 0 aromatic carbocycles. The van der Waals surface area contributed by atoms with Crippen molar-refractivity contribution in [3.63, 3.8) is 0 Å². The summed E-state index contributed by atoms with van der Waals surface area (Å²) in [6, 6.07) is 1.78. The van der Waals surface area contributed by atoms with Gasteiger partial charge in [0.1, 0.15) is 12.4 Å². The molecule has 0 spiro atoms. The Hall–Kier alpha value is -0.173. The summed E-state index contributed by atoms with van der Waals surface area (Å²) in [5, 5.41) is 1.91. The first kappa shape index (κ1) is 15.9. The average Bonchev–Trinajstić information content (AvgIpc) is 2.62.